The molecule has 0 amide bonds. The van der Waals surface area contributed by atoms with Crippen LogP contribution < -0.4 is 0 Å². The molecule has 0 aliphatic carbocycles. The summed E-state index contributed by atoms with van der Waals surface area (Å²) in [5.41, 5.74) is 7.07. The molecule has 3 aromatic carbocycles. The fourth-order valence-electron chi connectivity index (χ4n) is 5.64. The maximum absolute atomic E-state index is 5.46. The Hall–Kier alpha value is -1.41. The number of unbranched alkanes of at least 4 members (excludes halogenated alkanes) is 1. The summed E-state index contributed by atoms with van der Waals surface area (Å²) in [4.78, 5) is 16.8. The fraction of sp³-hybridized carbons (Fsp3) is 0.406. The van der Waals surface area contributed by atoms with Gasteiger partial charge in [0.1, 0.15) is 0 Å². The van der Waals surface area contributed by atoms with Crippen molar-refractivity contribution in [2.24, 2.45) is 0 Å². The van der Waals surface area contributed by atoms with E-state index in [1.165, 1.54) is 23.1 Å². The van der Waals surface area contributed by atoms with Crippen LogP contribution in [-0.4, -0.2) is 24.7 Å². The van der Waals surface area contributed by atoms with Crippen molar-refractivity contribution >= 4 is 41.8 Å². The van der Waals surface area contributed by atoms with Crippen LogP contribution in [-0.2, 0) is 26.2 Å². The molecule has 0 fully saturated rings. The number of nitrogens with zero attached hydrogens (tertiary/aromatic N) is 3. The van der Waals surface area contributed by atoms with Crippen molar-refractivity contribution in [2.75, 3.05) is 0 Å². The van der Waals surface area contributed by atoms with Crippen LogP contribution in [0.4, 0.5) is 17.1 Å². The average Bonchev–Trinajstić information content (AvgIpc) is 2.82. The molecule has 0 saturated heterocycles. The van der Waals surface area contributed by atoms with Gasteiger partial charge < -0.3 is 21.9 Å². The van der Waals surface area contributed by atoms with Crippen molar-refractivity contribution in [2.45, 2.75) is 84.6 Å². The second kappa shape index (κ2) is 15.6. The summed E-state index contributed by atoms with van der Waals surface area (Å²) in [5.74, 6) is 0. The van der Waals surface area contributed by atoms with Crippen molar-refractivity contribution in [3.63, 3.8) is 0 Å². The smallest absolute Gasteiger partial charge is 0.687 e. The molecule has 0 aliphatic heterocycles. The summed E-state index contributed by atoms with van der Waals surface area (Å²) in [5, 5.41) is 0. The summed E-state index contributed by atoms with van der Waals surface area (Å²) >= 11 is 0. The van der Waals surface area contributed by atoms with Crippen molar-refractivity contribution < 1.29 is 26.2 Å². The van der Waals surface area contributed by atoms with Crippen molar-refractivity contribution in [1.82, 2.24) is 0 Å². The second-order valence-electron chi connectivity index (χ2n) is 12.1. The van der Waals surface area contributed by atoms with Gasteiger partial charge >= 0.3 is 26.2 Å². The Morgan fingerprint density at radius 3 is 0.923 bits per heavy atom. The van der Waals surface area contributed by atoms with Gasteiger partial charge in [0.05, 0.1) is 0 Å². The van der Waals surface area contributed by atoms with Crippen molar-refractivity contribution in [3.05, 3.63) is 111 Å². The van der Waals surface area contributed by atoms with Gasteiger partial charge in [-0.2, -0.15) is 6.42 Å². The van der Waals surface area contributed by atoms with Crippen LogP contribution in [0.2, 0.25) is 44.1 Å². The standard InChI is InChI=1S/C28H40N3Si3.C4H9.Zr/c1-22-10-16-25(17-11-22)29-32(4,5)28(33(6,7)30-26-18-12-23(2)13-19-26)34(8,9)31-27-20-14-24(3)15-21-27;1-3-4-2;/h10-21,28H,1-9H3;1,3-4H2,2H3;/q-3;-1;+4. The Morgan fingerprint density at radius 2 is 0.744 bits per heavy atom. The molecule has 0 bridgehead atoms. The molecule has 0 saturated carbocycles. The summed E-state index contributed by atoms with van der Waals surface area (Å²) < 4.78 is 0. The van der Waals surface area contributed by atoms with Gasteiger partial charge in [0.25, 0.3) is 0 Å². The minimum atomic E-state index is -2.13. The number of rotatable bonds is 10. The quantitative estimate of drug-likeness (QED) is 0.155. The van der Waals surface area contributed by atoms with Crippen molar-refractivity contribution in [3.8, 4) is 0 Å². The zero-order chi connectivity index (χ0) is 28.6. The van der Waals surface area contributed by atoms with E-state index in [1.54, 1.807) is 0 Å². The van der Waals surface area contributed by atoms with Gasteiger partial charge in [-0.3, -0.25) is 0 Å². The number of hydrogen-bond acceptors (Lipinski definition) is 0. The van der Waals surface area contributed by atoms with Crippen molar-refractivity contribution in [1.29, 1.82) is 0 Å². The molecule has 0 spiro atoms. The van der Waals surface area contributed by atoms with Gasteiger partial charge in [-0.25, -0.2) is 0 Å². The second-order valence-corrected chi connectivity index (χ2v) is 26.1. The van der Waals surface area contributed by atoms with Gasteiger partial charge in [-0.05, 0) is 20.8 Å². The molecular formula is C32H49N3Si3Zr. The van der Waals surface area contributed by atoms with Crippen LogP contribution in [0.1, 0.15) is 36.5 Å². The predicted octanol–water partition coefficient (Wildman–Crippen LogP) is 11.7. The maximum atomic E-state index is 5.46. The third-order valence-electron chi connectivity index (χ3n) is 6.83. The molecule has 39 heavy (non-hydrogen) atoms. The van der Waals surface area contributed by atoms with E-state index in [0.29, 0.717) is 4.79 Å². The molecule has 0 atom stereocenters. The molecule has 7 heteroatoms. The van der Waals surface area contributed by atoms with E-state index in [1.807, 2.05) is 0 Å². The molecule has 208 valence electrons. The number of aryl methyl sites for hydroxylation is 3. The van der Waals surface area contributed by atoms with Gasteiger partial charge in [0, 0.05) is 0 Å². The van der Waals surface area contributed by atoms with E-state index in [0.717, 1.165) is 23.5 Å². The molecule has 0 unspecified atom stereocenters. The van der Waals surface area contributed by atoms with Crippen LogP contribution in [0.5, 0.6) is 0 Å². The Balaban J connectivity index is 0.00000142. The number of hydrogen-bond donors (Lipinski definition) is 0. The maximum Gasteiger partial charge on any atom is 4.00 e. The molecule has 0 aliphatic rings. The largest absolute Gasteiger partial charge is 4.00 e. The van der Waals surface area contributed by atoms with Gasteiger partial charge in [0.15, 0.2) is 0 Å². The van der Waals surface area contributed by atoms with Gasteiger partial charge in [-0.1, -0.05) is 172 Å². The first-order valence-electron chi connectivity index (χ1n) is 13.9. The normalized spacial score (nSPS) is 11.7. The summed E-state index contributed by atoms with van der Waals surface area (Å²) in [7, 11) is -6.39. The molecular weight excluding hydrogens is 602 g/mol. The van der Waals surface area contributed by atoms with Crippen LogP contribution in [0.3, 0.4) is 0 Å². The van der Waals surface area contributed by atoms with E-state index >= 15 is 0 Å². The monoisotopic (exact) mass is 649 g/mol. The Kier molecular flexibility index (Phi) is 14.2. The molecule has 0 radical (unpaired) electrons. The zero-order valence-corrected chi connectivity index (χ0v) is 31.4. The van der Waals surface area contributed by atoms with E-state index in [4.69, 9.17) is 14.9 Å². The van der Waals surface area contributed by atoms with E-state index in [-0.39, 0.29) is 26.2 Å². The topological polar surface area (TPSA) is 42.3 Å². The van der Waals surface area contributed by atoms with Crippen LogP contribution in [0.15, 0.2) is 72.8 Å². The first kappa shape index (κ1) is 35.6. The third-order valence-corrected chi connectivity index (χ3v) is 26.3. The molecule has 0 heterocycles. The molecule has 3 aromatic rings. The molecule has 0 N–H and O–H groups in total. The van der Waals surface area contributed by atoms with Gasteiger partial charge in [0.2, 0.25) is 0 Å². The first-order valence-corrected chi connectivity index (χ1v) is 23.0. The van der Waals surface area contributed by atoms with E-state index in [9.17, 15) is 0 Å². The Bertz CT molecular complexity index is 969. The Labute approximate surface area is 262 Å². The molecule has 0 aromatic heterocycles. The van der Waals surface area contributed by atoms with E-state index in [2.05, 4.69) is 147 Å². The summed E-state index contributed by atoms with van der Waals surface area (Å²) in [6, 6.07) is 26.0. The summed E-state index contributed by atoms with van der Waals surface area (Å²) in [6.07, 6.45) is 2.28. The molecule has 3 nitrogen and oxygen atoms in total. The zero-order valence-electron chi connectivity index (χ0n) is 26.0. The predicted molar refractivity (Wildman–Crippen MR) is 179 cm³/mol. The van der Waals surface area contributed by atoms with E-state index < -0.39 is 24.7 Å². The SMILES string of the molecule is Cc1ccc([N-][Si](C)(C)C([Si](C)(C)[N-]c2ccc(C)cc2)[Si](C)(C)[N-]c2ccc(C)cc2)cc1.[CH2-]CCC.[Zr+4]. The van der Waals surface area contributed by atoms with Crippen LogP contribution >= 0.6 is 0 Å². The third kappa shape index (κ3) is 11.2. The average molecular weight is 651 g/mol. The van der Waals surface area contributed by atoms with Crippen LogP contribution in [0, 0.1) is 27.7 Å². The summed E-state index contributed by atoms with van der Waals surface area (Å²) in [6.45, 7) is 26.7. The first-order chi connectivity index (χ1) is 17.7. The van der Waals surface area contributed by atoms with Crippen LogP contribution in [0.25, 0.3) is 14.9 Å². The molecule has 3 rings (SSSR count). The fourth-order valence-corrected chi connectivity index (χ4v) is 30.4. The minimum Gasteiger partial charge on any atom is -0.687 e. The van der Waals surface area contributed by atoms with Gasteiger partial charge in [-0.15, -0.1) is 17.1 Å². The minimum absolute atomic E-state index is 0. The Morgan fingerprint density at radius 1 is 0.538 bits per heavy atom. The number of benzene rings is 3.